The van der Waals surface area contributed by atoms with E-state index in [9.17, 15) is 19.8 Å². The Morgan fingerprint density at radius 1 is 1.15 bits per heavy atom. The summed E-state index contributed by atoms with van der Waals surface area (Å²) in [6.45, 7) is 6.71. The number of fused-ring (bicyclic) bond motifs is 5. The van der Waals surface area contributed by atoms with Crippen molar-refractivity contribution in [1.29, 1.82) is 0 Å². The maximum Gasteiger partial charge on any atom is 0.339 e. The molecule has 5 aliphatic rings. The van der Waals surface area contributed by atoms with Crippen molar-refractivity contribution in [2.75, 3.05) is 33.3 Å². The van der Waals surface area contributed by atoms with E-state index in [-0.39, 0.29) is 53.0 Å². The van der Waals surface area contributed by atoms with Crippen LogP contribution in [0.3, 0.4) is 0 Å². The molecule has 8 heteroatoms. The first-order chi connectivity index (χ1) is 18.6. The molecule has 1 aromatic rings. The van der Waals surface area contributed by atoms with E-state index in [0.29, 0.717) is 24.9 Å². The van der Waals surface area contributed by atoms with Gasteiger partial charge in [-0.25, -0.2) is 9.59 Å². The third kappa shape index (κ3) is 4.11. The van der Waals surface area contributed by atoms with Gasteiger partial charge in [-0.05, 0) is 99.0 Å². The van der Waals surface area contributed by atoms with Crippen LogP contribution in [0.2, 0.25) is 0 Å². The molecule has 0 radical (unpaired) electrons. The molecule has 216 valence electrons. The fourth-order valence-corrected chi connectivity index (χ4v) is 10.2. The van der Waals surface area contributed by atoms with Crippen molar-refractivity contribution in [2.45, 2.75) is 95.2 Å². The monoisotopic (exact) mass is 541 g/mol. The van der Waals surface area contributed by atoms with Crippen LogP contribution < -0.4 is 10.9 Å². The average Bonchev–Trinajstić information content (AvgIpc) is 3.23. The maximum atomic E-state index is 13.4. The summed E-state index contributed by atoms with van der Waals surface area (Å²) in [5.74, 6) is 1.32. The first kappa shape index (κ1) is 27.3. The lowest BCUT2D eigenvalue weighted by molar-refractivity contribution is -0.203. The molecule has 3 N–H and O–H groups in total. The van der Waals surface area contributed by atoms with Crippen molar-refractivity contribution in [2.24, 2.45) is 28.6 Å². The van der Waals surface area contributed by atoms with Crippen LogP contribution in [0.15, 0.2) is 27.6 Å². The molecule has 1 aliphatic heterocycles. The lowest BCUT2D eigenvalue weighted by Gasteiger charge is -2.64. The summed E-state index contributed by atoms with van der Waals surface area (Å²) in [6, 6.07) is 3.99. The van der Waals surface area contributed by atoms with Gasteiger partial charge in [-0.1, -0.05) is 13.8 Å². The number of aliphatic hydroxyl groups is 2. The van der Waals surface area contributed by atoms with Gasteiger partial charge in [-0.3, -0.25) is 0 Å². The minimum Gasteiger partial charge on any atom is -0.431 e. The van der Waals surface area contributed by atoms with E-state index < -0.39 is 5.60 Å². The highest BCUT2D eigenvalue weighted by molar-refractivity contribution is 5.74. The topological polar surface area (TPSA) is 106 Å². The molecule has 8 nitrogen and oxygen atoms in total. The predicted octanol–water partition coefficient (Wildman–Crippen LogP) is 3.57. The third-order valence-electron chi connectivity index (χ3n) is 12.6. The van der Waals surface area contributed by atoms with Crippen LogP contribution in [0, 0.1) is 28.6 Å². The molecule has 1 saturated heterocycles. The standard InChI is InChI=1S/C31H47N3O5/c1-29-11-8-22(33(3)28(37)34-15-14-32-21(18-34)19-35)17-20(29)6-7-26-25(29)9-12-30(2)24(10-13-31(26,30)38)23-5-4-16-39-27(23)36/h4-5,16,20-22,24-26,32,35,38H,6-15,17-19H2,1-3H3/t20-,21+,22+,24+,25+,26-,29+,30-,31+/m1/s1. The molecule has 5 fully saturated rings. The molecule has 4 saturated carbocycles. The second-order valence-corrected chi connectivity index (χ2v) is 13.9. The number of carbonyl (C=O) groups excluding carboxylic acids is 1. The Balaban J connectivity index is 1.17. The molecule has 6 rings (SSSR count). The van der Waals surface area contributed by atoms with E-state index >= 15 is 0 Å². The van der Waals surface area contributed by atoms with Crippen molar-refractivity contribution in [3.8, 4) is 0 Å². The van der Waals surface area contributed by atoms with E-state index in [4.69, 9.17) is 4.42 Å². The number of piperazine rings is 1. The number of hydrogen-bond acceptors (Lipinski definition) is 6. The quantitative estimate of drug-likeness (QED) is 0.540. The van der Waals surface area contributed by atoms with Crippen molar-refractivity contribution < 1.29 is 19.4 Å². The van der Waals surface area contributed by atoms with Gasteiger partial charge in [0.05, 0.1) is 18.5 Å². The van der Waals surface area contributed by atoms with Gasteiger partial charge in [0.25, 0.3) is 0 Å². The fraction of sp³-hybridized carbons (Fsp3) is 0.806. The van der Waals surface area contributed by atoms with E-state index in [1.807, 2.05) is 29.0 Å². The molecular formula is C31H47N3O5. The van der Waals surface area contributed by atoms with Gasteiger partial charge >= 0.3 is 11.7 Å². The number of nitrogens with zero attached hydrogens (tertiary/aromatic N) is 2. The zero-order chi connectivity index (χ0) is 27.6. The van der Waals surface area contributed by atoms with Crippen LogP contribution in [0.5, 0.6) is 0 Å². The zero-order valence-electron chi connectivity index (χ0n) is 23.9. The normalized spacial score (nSPS) is 43.8. The molecule has 4 aliphatic carbocycles. The fourth-order valence-electron chi connectivity index (χ4n) is 10.2. The average molecular weight is 542 g/mol. The van der Waals surface area contributed by atoms with Crippen LogP contribution in [-0.2, 0) is 0 Å². The number of amides is 2. The molecule has 39 heavy (non-hydrogen) atoms. The summed E-state index contributed by atoms with van der Waals surface area (Å²) >= 11 is 0. The maximum absolute atomic E-state index is 13.4. The summed E-state index contributed by atoms with van der Waals surface area (Å²) in [5, 5.41) is 25.3. The minimum absolute atomic E-state index is 0.0391. The number of carbonyl (C=O) groups is 1. The highest BCUT2D eigenvalue weighted by Gasteiger charge is 2.67. The number of rotatable bonds is 3. The molecule has 0 spiro atoms. The van der Waals surface area contributed by atoms with Gasteiger partial charge in [0.2, 0.25) is 0 Å². The lowest BCUT2D eigenvalue weighted by Crippen LogP contribution is -2.63. The van der Waals surface area contributed by atoms with Crippen LogP contribution in [0.4, 0.5) is 4.79 Å². The second kappa shape index (κ2) is 9.88. The Hall–Kier alpha value is -1.90. The van der Waals surface area contributed by atoms with Crippen molar-refractivity contribution in [1.82, 2.24) is 15.1 Å². The minimum atomic E-state index is -0.758. The smallest absolute Gasteiger partial charge is 0.339 e. The first-order valence-corrected chi connectivity index (χ1v) is 15.3. The molecule has 2 amide bonds. The Labute approximate surface area is 232 Å². The Morgan fingerprint density at radius 2 is 1.97 bits per heavy atom. The SMILES string of the molecule is CN(C(=O)N1CCN[C@H](CO)C1)[C@H]1CC[C@@]2(C)[C@H](CC[C@@H]3[C@@H]2CC[C@]2(C)[C@H](c4cccoc4=O)CC[C@]32O)C1. The predicted molar refractivity (Wildman–Crippen MR) is 148 cm³/mol. The van der Waals surface area contributed by atoms with Gasteiger partial charge < -0.3 is 29.7 Å². The van der Waals surface area contributed by atoms with E-state index in [1.165, 1.54) is 6.26 Å². The van der Waals surface area contributed by atoms with Crippen molar-refractivity contribution in [3.05, 3.63) is 34.4 Å². The highest BCUT2D eigenvalue weighted by atomic mass is 16.4. The van der Waals surface area contributed by atoms with Crippen LogP contribution in [0.25, 0.3) is 0 Å². The molecule has 2 heterocycles. The number of hydrogen-bond donors (Lipinski definition) is 3. The molecule has 9 atom stereocenters. The third-order valence-corrected chi connectivity index (χ3v) is 12.6. The van der Waals surface area contributed by atoms with Gasteiger partial charge in [0.1, 0.15) is 0 Å². The first-order valence-electron chi connectivity index (χ1n) is 15.3. The summed E-state index contributed by atoms with van der Waals surface area (Å²) in [6.07, 6.45) is 10.3. The van der Waals surface area contributed by atoms with E-state index in [0.717, 1.165) is 69.9 Å². The highest BCUT2D eigenvalue weighted by Crippen LogP contribution is 2.70. The van der Waals surface area contributed by atoms with Gasteiger partial charge in [0.15, 0.2) is 0 Å². The Bertz CT molecular complexity index is 1140. The summed E-state index contributed by atoms with van der Waals surface area (Å²) in [7, 11) is 1.96. The molecule has 1 aromatic heterocycles. The second-order valence-electron chi connectivity index (χ2n) is 13.9. The summed E-state index contributed by atoms with van der Waals surface area (Å²) in [5.41, 5.74) is -0.423. The van der Waals surface area contributed by atoms with Gasteiger partial charge in [0, 0.05) is 49.7 Å². The summed E-state index contributed by atoms with van der Waals surface area (Å²) < 4.78 is 5.23. The molecule has 0 bridgehead atoms. The Kier molecular flexibility index (Phi) is 6.91. The van der Waals surface area contributed by atoms with Gasteiger partial charge in [-0.15, -0.1) is 0 Å². The zero-order valence-corrected chi connectivity index (χ0v) is 23.9. The molecular weight excluding hydrogens is 494 g/mol. The molecule has 0 aromatic carbocycles. The largest absolute Gasteiger partial charge is 0.431 e. The van der Waals surface area contributed by atoms with E-state index in [2.05, 4.69) is 19.2 Å². The number of urea groups is 1. The van der Waals surface area contributed by atoms with Crippen molar-refractivity contribution in [3.63, 3.8) is 0 Å². The van der Waals surface area contributed by atoms with Crippen LogP contribution in [0.1, 0.15) is 83.1 Å². The van der Waals surface area contributed by atoms with Gasteiger partial charge in [-0.2, -0.15) is 0 Å². The lowest BCUT2D eigenvalue weighted by atomic mass is 9.43. The Morgan fingerprint density at radius 3 is 2.74 bits per heavy atom. The van der Waals surface area contributed by atoms with Crippen molar-refractivity contribution >= 4 is 6.03 Å². The van der Waals surface area contributed by atoms with Crippen LogP contribution in [-0.4, -0.2) is 77.0 Å². The number of aliphatic hydroxyl groups excluding tert-OH is 1. The molecule has 0 unspecified atom stereocenters. The summed E-state index contributed by atoms with van der Waals surface area (Å²) in [4.78, 5) is 29.9. The number of nitrogens with one attached hydrogen (secondary N) is 1. The van der Waals surface area contributed by atoms with Crippen LogP contribution >= 0.6 is 0 Å². The van der Waals surface area contributed by atoms with E-state index in [1.54, 1.807) is 0 Å².